The van der Waals surface area contributed by atoms with Crippen molar-refractivity contribution in [2.75, 3.05) is 6.54 Å². The lowest BCUT2D eigenvalue weighted by atomic mass is 9.49. The second-order valence-electron chi connectivity index (χ2n) is 8.42. The smallest absolute Gasteiger partial charge is 0.239 e. The maximum atomic E-state index is 12.9. The standard InChI is InChI=1S/C20H27N3O2/c1-13(17-4-2-3-5-21-17)23-18(24)12-22-19(25)20-9-14-6-15(10-20)8-16(7-14)11-20/h2-5,13-16H,6-12H2,1H3,(H,22,25)(H,23,24). The zero-order valence-electron chi connectivity index (χ0n) is 14.8. The zero-order chi connectivity index (χ0) is 17.4. The normalized spacial score (nSPS) is 33.7. The number of hydrogen-bond acceptors (Lipinski definition) is 3. The van der Waals surface area contributed by atoms with Crippen molar-refractivity contribution >= 4 is 11.8 Å². The van der Waals surface area contributed by atoms with Gasteiger partial charge < -0.3 is 10.6 Å². The van der Waals surface area contributed by atoms with E-state index < -0.39 is 0 Å². The van der Waals surface area contributed by atoms with Crippen LogP contribution in [-0.4, -0.2) is 23.3 Å². The van der Waals surface area contributed by atoms with E-state index in [1.807, 2.05) is 25.1 Å². The molecule has 0 spiro atoms. The highest BCUT2D eigenvalue weighted by atomic mass is 16.2. The molecule has 25 heavy (non-hydrogen) atoms. The number of amides is 2. The Morgan fingerprint density at radius 1 is 1.16 bits per heavy atom. The van der Waals surface area contributed by atoms with Crippen LogP contribution >= 0.6 is 0 Å². The van der Waals surface area contributed by atoms with Crippen LogP contribution < -0.4 is 10.6 Å². The molecule has 4 fully saturated rings. The average molecular weight is 341 g/mol. The molecule has 5 heteroatoms. The minimum atomic E-state index is -0.193. The second-order valence-corrected chi connectivity index (χ2v) is 8.42. The van der Waals surface area contributed by atoms with Gasteiger partial charge in [-0.2, -0.15) is 0 Å². The van der Waals surface area contributed by atoms with Crippen molar-refractivity contribution in [3.63, 3.8) is 0 Å². The van der Waals surface area contributed by atoms with Gasteiger partial charge in [0.1, 0.15) is 0 Å². The Morgan fingerprint density at radius 3 is 2.36 bits per heavy atom. The van der Waals surface area contributed by atoms with Gasteiger partial charge >= 0.3 is 0 Å². The van der Waals surface area contributed by atoms with Gasteiger partial charge in [0, 0.05) is 11.6 Å². The molecule has 134 valence electrons. The van der Waals surface area contributed by atoms with E-state index in [0.717, 1.165) is 42.7 Å². The van der Waals surface area contributed by atoms with Crippen LogP contribution in [0.3, 0.4) is 0 Å². The molecule has 4 saturated carbocycles. The quantitative estimate of drug-likeness (QED) is 0.865. The molecule has 5 nitrogen and oxygen atoms in total. The zero-order valence-corrected chi connectivity index (χ0v) is 14.8. The maximum Gasteiger partial charge on any atom is 0.239 e. The fourth-order valence-corrected chi connectivity index (χ4v) is 5.74. The van der Waals surface area contributed by atoms with E-state index in [-0.39, 0.29) is 29.8 Å². The Kier molecular flexibility index (Phi) is 4.26. The molecule has 0 radical (unpaired) electrons. The number of pyridine rings is 1. The summed E-state index contributed by atoms with van der Waals surface area (Å²) in [6, 6.07) is 5.48. The SMILES string of the molecule is CC(NC(=O)CNC(=O)C12CC3CC(CC(C3)C1)C2)c1ccccn1. The number of rotatable bonds is 5. The van der Waals surface area contributed by atoms with Crippen molar-refractivity contribution in [3.05, 3.63) is 30.1 Å². The number of nitrogens with zero attached hydrogens (tertiary/aromatic N) is 1. The highest BCUT2D eigenvalue weighted by molar-refractivity contribution is 5.88. The van der Waals surface area contributed by atoms with Gasteiger partial charge in [-0.05, 0) is 75.3 Å². The van der Waals surface area contributed by atoms with E-state index >= 15 is 0 Å². The summed E-state index contributed by atoms with van der Waals surface area (Å²) < 4.78 is 0. The number of hydrogen-bond donors (Lipinski definition) is 2. The third-order valence-electron chi connectivity index (χ3n) is 6.44. The summed E-state index contributed by atoms with van der Waals surface area (Å²) in [7, 11) is 0. The topological polar surface area (TPSA) is 71.1 Å². The molecule has 4 aliphatic rings. The first-order valence-corrected chi connectivity index (χ1v) is 9.53. The summed E-state index contributed by atoms with van der Waals surface area (Å²) in [6.45, 7) is 1.96. The molecule has 1 aromatic rings. The van der Waals surface area contributed by atoms with Crippen LogP contribution in [0.4, 0.5) is 0 Å². The molecule has 0 aliphatic heterocycles. The molecule has 2 amide bonds. The van der Waals surface area contributed by atoms with Gasteiger partial charge in [0.15, 0.2) is 0 Å². The molecule has 1 heterocycles. The van der Waals surface area contributed by atoms with Gasteiger partial charge in [-0.3, -0.25) is 14.6 Å². The first-order valence-electron chi connectivity index (χ1n) is 9.53. The van der Waals surface area contributed by atoms with E-state index in [0.29, 0.717) is 0 Å². The van der Waals surface area contributed by atoms with Gasteiger partial charge in [0.05, 0.1) is 18.3 Å². The van der Waals surface area contributed by atoms with Gasteiger partial charge in [-0.15, -0.1) is 0 Å². The van der Waals surface area contributed by atoms with Crippen LogP contribution in [0.25, 0.3) is 0 Å². The molecular weight excluding hydrogens is 314 g/mol. The van der Waals surface area contributed by atoms with E-state index in [4.69, 9.17) is 0 Å². The molecule has 4 bridgehead atoms. The summed E-state index contributed by atoms with van der Waals surface area (Å²) in [4.78, 5) is 29.3. The number of nitrogens with one attached hydrogen (secondary N) is 2. The summed E-state index contributed by atoms with van der Waals surface area (Å²) >= 11 is 0. The Bertz CT molecular complexity index is 623. The number of aromatic nitrogens is 1. The van der Waals surface area contributed by atoms with Crippen LogP contribution in [0, 0.1) is 23.2 Å². The number of carbonyl (C=O) groups excluding carboxylic acids is 2. The minimum Gasteiger partial charge on any atom is -0.347 e. The first-order chi connectivity index (χ1) is 12.0. The lowest BCUT2D eigenvalue weighted by molar-refractivity contribution is -0.147. The highest BCUT2D eigenvalue weighted by Gasteiger charge is 2.54. The minimum absolute atomic E-state index is 0.0533. The van der Waals surface area contributed by atoms with E-state index in [1.165, 1.54) is 19.3 Å². The molecule has 5 rings (SSSR count). The summed E-state index contributed by atoms with van der Waals surface area (Å²) in [5.74, 6) is 2.14. The van der Waals surface area contributed by atoms with Crippen molar-refractivity contribution in [2.45, 2.75) is 51.5 Å². The van der Waals surface area contributed by atoms with E-state index in [9.17, 15) is 9.59 Å². The lowest BCUT2D eigenvalue weighted by Gasteiger charge is -2.55. The van der Waals surface area contributed by atoms with Crippen molar-refractivity contribution < 1.29 is 9.59 Å². The third kappa shape index (κ3) is 3.29. The highest BCUT2D eigenvalue weighted by Crippen LogP contribution is 2.60. The maximum absolute atomic E-state index is 12.9. The van der Waals surface area contributed by atoms with Crippen LogP contribution in [0.15, 0.2) is 24.4 Å². The van der Waals surface area contributed by atoms with Crippen LogP contribution in [0.1, 0.15) is 57.2 Å². The predicted octanol–water partition coefficient (Wildman–Crippen LogP) is 2.59. The number of carbonyl (C=O) groups is 2. The van der Waals surface area contributed by atoms with Gasteiger partial charge in [0.2, 0.25) is 11.8 Å². The average Bonchev–Trinajstić information content (AvgIpc) is 2.59. The first kappa shape index (κ1) is 16.6. The van der Waals surface area contributed by atoms with E-state index in [1.54, 1.807) is 6.20 Å². The fraction of sp³-hybridized carbons (Fsp3) is 0.650. The Balaban J connectivity index is 1.31. The summed E-state index contributed by atoms with van der Waals surface area (Å²) in [5, 5.41) is 5.83. The van der Waals surface area contributed by atoms with Gasteiger partial charge in [-0.1, -0.05) is 6.07 Å². The second kappa shape index (κ2) is 6.43. The largest absolute Gasteiger partial charge is 0.347 e. The van der Waals surface area contributed by atoms with Crippen molar-refractivity contribution in [1.82, 2.24) is 15.6 Å². The summed E-state index contributed by atoms with van der Waals surface area (Å²) in [6.07, 6.45) is 8.73. The Labute approximate surface area is 149 Å². The van der Waals surface area contributed by atoms with Crippen molar-refractivity contribution in [2.24, 2.45) is 23.2 Å². The van der Waals surface area contributed by atoms with Gasteiger partial charge in [-0.25, -0.2) is 0 Å². The van der Waals surface area contributed by atoms with Gasteiger partial charge in [0.25, 0.3) is 0 Å². The Morgan fingerprint density at radius 2 is 1.80 bits per heavy atom. The third-order valence-corrected chi connectivity index (χ3v) is 6.44. The molecule has 4 aliphatic carbocycles. The molecular formula is C20H27N3O2. The van der Waals surface area contributed by atoms with Crippen molar-refractivity contribution in [1.29, 1.82) is 0 Å². The summed E-state index contributed by atoms with van der Waals surface area (Å²) in [5.41, 5.74) is 0.630. The van der Waals surface area contributed by atoms with Crippen LogP contribution in [-0.2, 0) is 9.59 Å². The predicted molar refractivity (Wildman–Crippen MR) is 94.4 cm³/mol. The molecule has 0 aromatic carbocycles. The molecule has 1 aromatic heterocycles. The monoisotopic (exact) mass is 341 g/mol. The molecule has 2 N–H and O–H groups in total. The van der Waals surface area contributed by atoms with Crippen molar-refractivity contribution in [3.8, 4) is 0 Å². The molecule has 1 atom stereocenters. The van der Waals surface area contributed by atoms with Crippen LogP contribution in [0.5, 0.6) is 0 Å². The molecule has 0 saturated heterocycles. The fourth-order valence-electron chi connectivity index (χ4n) is 5.74. The Hall–Kier alpha value is -1.91. The van der Waals surface area contributed by atoms with Crippen LogP contribution in [0.2, 0.25) is 0 Å². The lowest BCUT2D eigenvalue weighted by Crippen LogP contribution is -2.54. The molecule has 1 unspecified atom stereocenters. The van der Waals surface area contributed by atoms with E-state index in [2.05, 4.69) is 15.6 Å².